The van der Waals surface area contributed by atoms with Crippen molar-refractivity contribution in [2.24, 2.45) is 5.73 Å². The van der Waals surface area contributed by atoms with Gasteiger partial charge in [-0.25, -0.2) is 4.39 Å². The van der Waals surface area contributed by atoms with Gasteiger partial charge in [0, 0.05) is 22.2 Å². The van der Waals surface area contributed by atoms with Crippen LogP contribution in [0.25, 0.3) is 11.0 Å². The van der Waals surface area contributed by atoms with Gasteiger partial charge in [0.1, 0.15) is 17.2 Å². The first kappa shape index (κ1) is 13.1. The van der Waals surface area contributed by atoms with Crippen molar-refractivity contribution in [1.29, 1.82) is 0 Å². The monoisotopic (exact) mass is 290 g/mol. The second kappa shape index (κ2) is 4.89. The fourth-order valence-corrected chi connectivity index (χ4v) is 2.43. The number of hydrogen-bond acceptors (Lipinski definition) is 3. The number of pyridine rings is 1. The number of benzene rings is 1. The third-order valence-corrected chi connectivity index (χ3v) is 3.54. The molecular weight excluding hydrogens is 279 g/mol. The summed E-state index contributed by atoms with van der Waals surface area (Å²) >= 11 is 5.98. The van der Waals surface area contributed by atoms with Crippen molar-refractivity contribution in [2.45, 2.75) is 13.0 Å². The highest BCUT2D eigenvalue weighted by Crippen LogP contribution is 2.32. The molecule has 0 spiro atoms. The van der Waals surface area contributed by atoms with Crippen molar-refractivity contribution in [1.82, 2.24) is 4.98 Å². The van der Waals surface area contributed by atoms with Gasteiger partial charge in [0.05, 0.1) is 12.2 Å². The van der Waals surface area contributed by atoms with Crippen molar-refractivity contribution < 1.29 is 8.81 Å². The minimum atomic E-state index is -0.565. The molecule has 0 saturated carbocycles. The van der Waals surface area contributed by atoms with E-state index in [1.165, 1.54) is 12.3 Å². The van der Waals surface area contributed by atoms with Crippen LogP contribution in [0, 0.1) is 12.7 Å². The third-order valence-electron chi connectivity index (χ3n) is 3.30. The summed E-state index contributed by atoms with van der Waals surface area (Å²) < 4.78 is 19.0. The molecule has 20 heavy (non-hydrogen) atoms. The van der Waals surface area contributed by atoms with Crippen LogP contribution in [0.4, 0.5) is 4.39 Å². The molecular formula is C15H12ClFN2O. The summed E-state index contributed by atoms with van der Waals surface area (Å²) in [6, 6.07) is 6.17. The smallest absolute Gasteiger partial charge is 0.141 e. The number of nitrogens with zero attached hydrogens (tertiary/aromatic N) is 1. The number of halogens is 2. The predicted molar refractivity (Wildman–Crippen MR) is 76.2 cm³/mol. The average molecular weight is 291 g/mol. The van der Waals surface area contributed by atoms with Crippen LogP contribution in [0.5, 0.6) is 0 Å². The molecule has 0 aliphatic rings. The molecule has 0 aliphatic heterocycles. The van der Waals surface area contributed by atoms with Crippen LogP contribution < -0.4 is 5.73 Å². The van der Waals surface area contributed by atoms with Gasteiger partial charge >= 0.3 is 0 Å². The molecule has 0 aliphatic carbocycles. The van der Waals surface area contributed by atoms with Gasteiger partial charge in [-0.2, -0.15) is 0 Å². The Balaban J connectivity index is 2.12. The zero-order chi connectivity index (χ0) is 14.3. The minimum absolute atomic E-state index is 0.422. The molecule has 3 nitrogen and oxygen atoms in total. The lowest BCUT2D eigenvalue weighted by Gasteiger charge is -2.09. The average Bonchev–Trinajstić information content (AvgIpc) is 2.75. The van der Waals surface area contributed by atoms with Crippen molar-refractivity contribution in [3.63, 3.8) is 0 Å². The highest BCUT2D eigenvalue weighted by molar-refractivity contribution is 6.31. The Morgan fingerprint density at radius 2 is 2.10 bits per heavy atom. The lowest BCUT2D eigenvalue weighted by molar-refractivity contribution is 0.518. The number of aryl methyl sites for hydroxylation is 1. The van der Waals surface area contributed by atoms with Gasteiger partial charge in [0.2, 0.25) is 0 Å². The van der Waals surface area contributed by atoms with Crippen molar-refractivity contribution in [3.05, 3.63) is 64.4 Å². The molecule has 102 valence electrons. The first-order valence-corrected chi connectivity index (χ1v) is 6.48. The minimum Gasteiger partial charge on any atom is -0.459 e. The van der Waals surface area contributed by atoms with Crippen molar-refractivity contribution in [3.8, 4) is 0 Å². The summed E-state index contributed by atoms with van der Waals surface area (Å²) in [4.78, 5) is 3.81. The van der Waals surface area contributed by atoms with Gasteiger partial charge in [-0.05, 0) is 36.8 Å². The highest BCUT2D eigenvalue weighted by atomic mass is 35.5. The van der Waals surface area contributed by atoms with Gasteiger partial charge in [0.15, 0.2) is 0 Å². The Bertz CT molecular complexity index is 785. The third kappa shape index (κ3) is 2.17. The van der Waals surface area contributed by atoms with Gasteiger partial charge in [0.25, 0.3) is 0 Å². The Labute approximate surface area is 120 Å². The first-order chi connectivity index (χ1) is 9.56. The van der Waals surface area contributed by atoms with E-state index in [2.05, 4.69) is 4.98 Å². The van der Waals surface area contributed by atoms with Crippen LogP contribution in [0.1, 0.15) is 22.9 Å². The number of hydrogen-bond donors (Lipinski definition) is 1. The van der Waals surface area contributed by atoms with Crippen LogP contribution in [-0.4, -0.2) is 4.98 Å². The van der Waals surface area contributed by atoms with E-state index in [-0.39, 0.29) is 0 Å². The van der Waals surface area contributed by atoms with Gasteiger partial charge in [-0.15, -0.1) is 0 Å². The van der Waals surface area contributed by atoms with E-state index in [0.717, 1.165) is 17.1 Å². The maximum Gasteiger partial charge on any atom is 0.141 e. The Morgan fingerprint density at radius 1 is 1.30 bits per heavy atom. The van der Waals surface area contributed by atoms with Crippen LogP contribution in [0.15, 0.2) is 41.1 Å². The molecule has 2 aromatic heterocycles. The summed E-state index contributed by atoms with van der Waals surface area (Å²) in [5.41, 5.74) is 8.33. The predicted octanol–water partition coefficient (Wildman–Crippen LogP) is 3.98. The van der Waals surface area contributed by atoms with E-state index < -0.39 is 11.9 Å². The number of furan rings is 1. The molecule has 1 atom stereocenters. The summed E-state index contributed by atoms with van der Waals surface area (Å²) in [7, 11) is 0. The molecule has 3 rings (SSSR count). The normalized spacial score (nSPS) is 12.8. The first-order valence-electron chi connectivity index (χ1n) is 6.11. The number of fused-ring (bicyclic) bond motifs is 1. The summed E-state index contributed by atoms with van der Waals surface area (Å²) in [5, 5.41) is 1.54. The van der Waals surface area contributed by atoms with E-state index in [0.29, 0.717) is 21.9 Å². The second-order valence-electron chi connectivity index (χ2n) is 4.65. The van der Waals surface area contributed by atoms with Crippen LogP contribution in [-0.2, 0) is 0 Å². The van der Waals surface area contributed by atoms with Gasteiger partial charge in [-0.3, -0.25) is 4.98 Å². The molecule has 0 saturated heterocycles. The SMILES string of the molecule is Cc1c(C(N)c2cncc(F)c2)oc2ccc(Cl)cc12. The van der Waals surface area contributed by atoms with E-state index >= 15 is 0 Å². The lowest BCUT2D eigenvalue weighted by Crippen LogP contribution is -2.12. The highest BCUT2D eigenvalue weighted by Gasteiger charge is 2.19. The molecule has 1 unspecified atom stereocenters. The maximum atomic E-state index is 13.2. The second-order valence-corrected chi connectivity index (χ2v) is 5.08. The summed E-state index contributed by atoms with van der Waals surface area (Å²) in [5.74, 6) is 0.171. The van der Waals surface area contributed by atoms with Crippen LogP contribution in [0.3, 0.4) is 0 Å². The lowest BCUT2D eigenvalue weighted by atomic mass is 10.0. The van der Waals surface area contributed by atoms with Crippen LogP contribution in [0.2, 0.25) is 5.02 Å². The van der Waals surface area contributed by atoms with Gasteiger partial charge in [-0.1, -0.05) is 11.6 Å². The van der Waals surface area contributed by atoms with E-state index in [9.17, 15) is 4.39 Å². The molecule has 1 aromatic carbocycles. The van der Waals surface area contributed by atoms with E-state index in [1.807, 2.05) is 13.0 Å². The molecule has 0 bridgehead atoms. The number of nitrogens with two attached hydrogens (primary N) is 1. The molecule has 3 aromatic rings. The Morgan fingerprint density at radius 3 is 2.85 bits per heavy atom. The Kier molecular flexibility index (Phi) is 3.20. The van der Waals surface area contributed by atoms with Crippen molar-refractivity contribution in [2.75, 3.05) is 0 Å². The molecule has 2 heterocycles. The van der Waals surface area contributed by atoms with Gasteiger partial charge < -0.3 is 10.2 Å². The van der Waals surface area contributed by atoms with Crippen molar-refractivity contribution >= 4 is 22.6 Å². The topological polar surface area (TPSA) is 52.0 Å². The van der Waals surface area contributed by atoms with Crippen LogP contribution >= 0.6 is 11.6 Å². The quantitative estimate of drug-likeness (QED) is 0.777. The molecule has 5 heteroatoms. The molecule has 0 fully saturated rings. The molecule has 0 amide bonds. The summed E-state index contributed by atoms with van der Waals surface area (Å²) in [6.07, 6.45) is 2.68. The summed E-state index contributed by atoms with van der Waals surface area (Å²) in [6.45, 7) is 1.91. The van der Waals surface area contributed by atoms with E-state index in [1.54, 1.807) is 12.1 Å². The fourth-order valence-electron chi connectivity index (χ4n) is 2.26. The largest absolute Gasteiger partial charge is 0.459 e. The zero-order valence-corrected chi connectivity index (χ0v) is 11.5. The molecule has 2 N–H and O–H groups in total. The zero-order valence-electron chi connectivity index (χ0n) is 10.7. The standard InChI is InChI=1S/C15H12ClFN2O/c1-8-12-5-10(16)2-3-13(12)20-15(8)14(18)9-4-11(17)7-19-6-9/h2-7,14H,18H2,1H3. The Hall–Kier alpha value is -1.91. The molecule has 0 radical (unpaired) electrons. The fraction of sp³-hybridized carbons (Fsp3) is 0.133. The number of aromatic nitrogens is 1. The van der Waals surface area contributed by atoms with E-state index in [4.69, 9.17) is 21.8 Å². The maximum absolute atomic E-state index is 13.2. The number of rotatable bonds is 2.